The SMILES string of the molecule is Cc1[nH]c2ccc(F)cc2c1-c1ccnc2cccc(F)c12. The molecule has 0 aliphatic carbocycles. The van der Waals surface area contributed by atoms with Crippen molar-refractivity contribution in [3.05, 3.63) is 66.0 Å². The molecule has 0 saturated carbocycles. The van der Waals surface area contributed by atoms with Gasteiger partial charge < -0.3 is 4.98 Å². The minimum Gasteiger partial charge on any atom is -0.358 e. The van der Waals surface area contributed by atoms with E-state index < -0.39 is 0 Å². The summed E-state index contributed by atoms with van der Waals surface area (Å²) in [6.07, 6.45) is 1.65. The van der Waals surface area contributed by atoms with E-state index in [9.17, 15) is 8.78 Å². The van der Waals surface area contributed by atoms with E-state index in [-0.39, 0.29) is 11.6 Å². The molecule has 4 rings (SSSR count). The van der Waals surface area contributed by atoms with Crippen molar-refractivity contribution in [1.29, 1.82) is 0 Å². The topological polar surface area (TPSA) is 28.7 Å². The Hall–Kier alpha value is -2.75. The van der Waals surface area contributed by atoms with Crippen LogP contribution in [0.1, 0.15) is 5.69 Å². The summed E-state index contributed by atoms with van der Waals surface area (Å²) >= 11 is 0. The van der Waals surface area contributed by atoms with Crippen LogP contribution in [-0.2, 0) is 0 Å². The highest BCUT2D eigenvalue weighted by molar-refractivity contribution is 6.05. The molecule has 2 aromatic heterocycles. The van der Waals surface area contributed by atoms with Gasteiger partial charge in [-0.1, -0.05) is 6.07 Å². The number of pyridine rings is 1. The Balaban J connectivity index is 2.16. The molecular formula is C18H12F2N2. The molecule has 4 aromatic rings. The van der Waals surface area contributed by atoms with E-state index in [2.05, 4.69) is 9.97 Å². The summed E-state index contributed by atoms with van der Waals surface area (Å²) in [6, 6.07) is 11.2. The molecule has 0 saturated heterocycles. The number of fused-ring (bicyclic) bond motifs is 2. The highest BCUT2D eigenvalue weighted by Gasteiger charge is 2.16. The zero-order chi connectivity index (χ0) is 15.3. The maximum absolute atomic E-state index is 14.3. The summed E-state index contributed by atoms with van der Waals surface area (Å²) in [5.74, 6) is -0.641. The predicted molar refractivity (Wildman–Crippen MR) is 83.7 cm³/mol. The van der Waals surface area contributed by atoms with Crippen LogP contribution in [0.5, 0.6) is 0 Å². The van der Waals surface area contributed by atoms with E-state index in [1.54, 1.807) is 30.5 Å². The van der Waals surface area contributed by atoms with E-state index in [0.717, 1.165) is 27.7 Å². The molecule has 0 aliphatic rings. The van der Waals surface area contributed by atoms with Crippen molar-refractivity contribution in [2.75, 3.05) is 0 Å². The van der Waals surface area contributed by atoms with Crippen LogP contribution in [0.3, 0.4) is 0 Å². The van der Waals surface area contributed by atoms with Crippen LogP contribution in [0.4, 0.5) is 8.78 Å². The Kier molecular flexibility index (Phi) is 2.73. The second kappa shape index (κ2) is 4.63. The van der Waals surface area contributed by atoms with Crippen molar-refractivity contribution >= 4 is 21.8 Å². The van der Waals surface area contributed by atoms with Crippen LogP contribution in [-0.4, -0.2) is 9.97 Å². The maximum atomic E-state index is 14.3. The first-order chi connectivity index (χ1) is 10.6. The molecule has 2 nitrogen and oxygen atoms in total. The number of nitrogens with zero attached hydrogens (tertiary/aromatic N) is 1. The Morgan fingerprint density at radius 1 is 1.05 bits per heavy atom. The average Bonchev–Trinajstić information content (AvgIpc) is 2.82. The standard InChI is InChI=1S/C18H12F2N2/c1-10-17(13-9-11(19)5-6-15(13)22-10)12-7-8-21-16-4-2-3-14(20)18(12)16/h2-9,22H,1H3. The second-order valence-electron chi connectivity index (χ2n) is 5.31. The van der Waals surface area contributed by atoms with Crippen molar-refractivity contribution in [1.82, 2.24) is 9.97 Å². The van der Waals surface area contributed by atoms with Crippen molar-refractivity contribution in [3.63, 3.8) is 0 Å². The van der Waals surface area contributed by atoms with Gasteiger partial charge in [0.25, 0.3) is 0 Å². The van der Waals surface area contributed by atoms with Crippen LogP contribution in [0.2, 0.25) is 0 Å². The first-order valence-electron chi connectivity index (χ1n) is 6.96. The van der Waals surface area contributed by atoms with Gasteiger partial charge in [0.05, 0.1) is 5.52 Å². The van der Waals surface area contributed by atoms with Crippen molar-refractivity contribution in [3.8, 4) is 11.1 Å². The van der Waals surface area contributed by atoms with Gasteiger partial charge in [0.1, 0.15) is 11.6 Å². The van der Waals surface area contributed by atoms with E-state index in [1.165, 1.54) is 18.2 Å². The Morgan fingerprint density at radius 2 is 1.91 bits per heavy atom. The van der Waals surface area contributed by atoms with Gasteiger partial charge in [0.2, 0.25) is 0 Å². The molecule has 0 atom stereocenters. The lowest BCUT2D eigenvalue weighted by molar-refractivity contribution is 0.630. The molecule has 0 unspecified atom stereocenters. The summed E-state index contributed by atoms with van der Waals surface area (Å²) in [5, 5.41) is 1.20. The molecule has 2 aromatic carbocycles. The Labute approximate surface area is 125 Å². The summed E-state index contributed by atoms with van der Waals surface area (Å²) in [5.41, 5.74) is 3.82. The van der Waals surface area contributed by atoms with Crippen molar-refractivity contribution in [2.24, 2.45) is 0 Å². The third-order valence-corrected chi connectivity index (χ3v) is 3.93. The number of hydrogen-bond donors (Lipinski definition) is 1. The summed E-state index contributed by atoms with van der Waals surface area (Å²) in [4.78, 5) is 7.44. The number of aryl methyl sites for hydroxylation is 1. The van der Waals surface area contributed by atoms with Gasteiger partial charge in [-0.3, -0.25) is 4.98 Å². The number of rotatable bonds is 1. The molecule has 4 heteroatoms. The van der Waals surface area contributed by atoms with Crippen LogP contribution in [0.25, 0.3) is 32.9 Å². The number of halogens is 2. The normalized spacial score (nSPS) is 11.4. The molecular weight excluding hydrogens is 282 g/mol. The third-order valence-electron chi connectivity index (χ3n) is 3.93. The van der Waals surface area contributed by atoms with E-state index in [1.807, 2.05) is 6.92 Å². The monoisotopic (exact) mass is 294 g/mol. The quantitative estimate of drug-likeness (QED) is 0.527. The molecule has 108 valence electrons. The van der Waals surface area contributed by atoms with Crippen LogP contribution >= 0.6 is 0 Å². The van der Waals surface area contributed by atoms with E-state index in [0.29, 0.717) is 10.9 Å². The number of hydrogen-bond acceptors (Lipinski definition) is 1. The molecule has 0 fully saturated rings. The fourth-order valence-electron chi connectivity index (χ4n) is 3.02. The molecule has 0 amide bonds. The van der Waals surface area contributed by atoms with E-state index >= 15 is 0 Å². The molecule has 2 heterocycles. The van der Waals surface area contributed by atoms with Crippen LogP contribution < -0.4 is 0 Å². The van der Waals surface area contributed by atoms with E-state index in [4.69, 9.17) is 0 Å². The third kappa shape index (κ3) is 1.80. The largest absolute Gasteiger partial charge is 0.358 e. The van der Waals surface area contributed by atoms with Gasteiger partial charge in [0, 0.05) is 33.7 Å². The maximum Gasteiger partial charge on any atom is 0.133 e. The molecule has 0 spiro atoms. The predicted octanol–water partition coefficient (Wildman–Crippen LogP) is 4.97. The van der Waals surface area contributed by atoms with Gasteiger partial charge in [-0.2, -0.15) is 0 Å². The number of nitrogens with one attached hydrogen (secondary N) is 1. The number of aromatic nitrogens is 2. The summed E-state index contributed by atoms with van der Waals surface area (Å²) in [6.45, 7) is 1.90. The molecule has 0 bridgehead atoms. The minimum atomic E-state index is -0.328. The van der Waals surface area contributed by atoms with Crippen molar-refractivity contribution < 1.29 is 8.78 Å². The van der Waals surface area contributed by atoms with Gasteiger partial charge in [0.15, 0.2) is 0 Å². The smallest absolute Gasteiger partial charge is 0.133 e. The van der Waals surface area contributed by atoms with Gasteiger partial charge in [-0.25, -0.2) is 8.78 Å². The lowest BCUT2D eigenvalue weighted by atomic mass is 9.98. The van der Waals surface area contributed by atoms with Gasteiger partial charge >= 0.3 is 0 Å². The van der Waals surface area contributed by atoms with Crippen LogP contribution in [0.15, 0.2) is 48.7 Å². The Morgan fingerprint density at radius 3 is 2.77 bits per heavy atom. The first-order valence-corrected chi connectivity index (χ1v) is 6.96. The number of H-pyrrole nitrogens is 1. The highest BCUT2D eigenvalue weighted by atomic mass is 19.1. The second-order valence-corrected chi connectivity index (χ2v) is 5.31. The zero-order valence-electron chi connectivity index (χ0n) is 11.8. The van der Waals surface area contributed by atoms with Gasteiger partial charge in [-0.15, -0.1) is 0 Å². The fourth-order valence-corrected chi connectivity index (χ4v) is 3.02. The fraction of sp³-hybridized carbons (Fsp3) is 0.0556. The molecule has 1 N–H and O–H groups in total. The number of benzene rings is 2. The lowest BCUT2D eigenvalue weighted by Gasteiger charge is -2.07. The van der Waals surface area contributed by atoms with Crippen LogP contribution in [0, 0.1) is 18.6 Å². The molecule has 22 heavy (non-hydrogen) atoms. The molecule has 0 aliphatic heterocycles. The number of aromatic amines is 1. The van der Waals surface area contributed by atoms with Crippen molar-refractivity contribution in [2.45, 2.75) is 6.92 Å². The first kappa shape index (κ1) is 13.0. The average molecular weight is 294 g/mol. The highest BCUT2D eigenvalue weighted by Crippen LogP contribution is 2.37. The zero-order valence-corrected chi connectivity index (χ0v) is 11.8. The molecule has 0 radical (unpaired) electrons. The lowest BCUT2D eigenvalue weighted by Crippen LogP contribution is -1.89. The van der Waals surface area contributed by atoms with Gasteiger partial charge in [-0.05, 0) is 48.9 Å². The summed E-state index contributed by atoms with van der Waals surface area (Å²) in [7, 11) is 0. The Bertz CT molecular complexity index is 1010. The summed E-state index contributed by atoms with van der Waals surface area (Å²) < 4.78 is 28.0. The minimum absolute atomic E-state index is 0.313.